The van der Waals surface area contributed by atoms with Gasteiger partial charge < -0.3 is 15.8 Å². The summed E-state index contributed by atoms with van der Waals surface area (Å²) in [5, 5.41) is 2.82. The molecule has 0 aliphatic rings. The van der Waals surface area contributed by atoms with Crippen molar-refractivity contribution in [1.29, 1.82) is 0 Å². The van der Waals surface area contributed by atoms with Gasteiger partial charge in [0.1, 0.15) is 12.4 Å². The Bertz CT molecular complexity index is 567. The van der Waals surface area contributed by atoms with E-state index in [1.807, 2.05) is 54.6 Å². The van der Waals surface area contributed by atoms with Gasteiger partial charge in [-0.1, -0.05) is 37.3 Å². The molecule has 0 fully saturated rings. The van der Waals surface area contributed by atoms with Crippen LogP contribution in [0.2, 0.25) is 0 Å². The van der Waals surface area contributed by atoms with Gasteiger partial charge >= 0.3 is 0 Å². The number of nitrogens with two attached hydrogens (primary N) is 1. The first-order chi connectivity index (χ1) is 10.2. The Morgan fingerprint density at radius 1 is 1.14 bits per heavy atom. The zero-order valence-corrected chi connectivity index (χ0v) is 12.1. The van der Waals surface area contributed by atoms with E-state index in [0.29, 0.717) is 13.2 Å². The van der Waals surface area contributed by atoms with Crippen molar-refractivity contribution in [1.82, 2.24) is 0 Å². The number of hydrogen-bond donors (Lipinski definition) is 2. The van der Waals surface area contributed by atoms with E-state index in [-0.39, 0.29) is 11.8 Å². The van der Waals surface area contributed by atoms with Gasteiger partial charge in [-0.15, -0.1) is 0 Å². The molecule has 0 aromatic heterocycles. The fraction of sp³-hybridized carbons (Fsp3) is 0.235. The van der Waals surface area contributed by atoms with Gasteiger partial charge in [0.25, 0.3) is 0 Å². The van der Waals surface area contributed by atoms with Crippen molar-refractivity contribution in [2.24, 2.45) is 11.7 Å². The van der Waals surface area contributed by atoms with Crippen molar-refractivity contribution in [2.75, 3.05) is 11.9 Å². The van der Waals surface area contributed by atoms with Crippen LogP contribution in [0.4, 0.5) is 5.69 Å². The summed E-state index contributed by atoms with van der Waals surface area (Å²) >= 11 is 0. The summed E-state index contributed by atoms with van der Waals surface area (Å²) in [4.78, 5) is 11.7. The summed E-state index contributed by atoms with van der Waals surface area (Å²) < 4.78 is 5.69. The van der Waals surface area contributed by atoms with Crippen LogP contribution in [-0.2, 0) is 11.4 Å². The number of rotatable bonds is 6. The molecule has 1 atom stereocenters. The highest BCUT2D eigenvalue weighted by Crippen LogP contribution is 2.17. The predicted molar refractivity (Wildman–Crippen MR) is 84.1 cm³/mol. The molecule has 0 aliphatic heterocycles. The standard InChI is InChI=1S/C17H20N2O2/c1-13(11-18)17(20)19-15-7-9-16(10-8-15)21-12-14-5-3-2-4-6-14/h2-10,13H,11-12,18H2,1H3,(H,19,20). The Morgan fingerprint density at radius 3 is 2.43 bits per heavy atom. The lowest BCUT2D eigenvalue weighted by molar-refractivity contribution is -0.119. The third kappa shape index (κ3) is 4.61. The molecular weight excluding hydrogens is 264 g/mol. The van der Waals surface area contributed by atoms with Crippen LogP contribution in [0.1, 0.15) is 12.5 Å². The summed E-state index contributed by atoms with van der Waals surface area (Å²) in [6.07, 6.45) is 0. The molecule has 3 N–H and O–H groups in total. The largest absolute Gasteiger partial charge is 0.489 e. The van der Waals surface area contributed by atoms with Crippen LogP contribution >= 0.6 is 0 Å². The molecule has 1 unspecified atom stereocenters. The van der Waals surface area contributed by atoms with Crippen molar-refractivity contribution in [3.8, 4) is 5.75 Å². The molecular formula is C17H20N2O2. The summed E-state index contributed by atoms with van der Waals surface area (Å²) in [6, 6.07) is 17.3. The van der Waals surface area contributed by atoms with Gasteiger partial charge in [-0.2, -0.15) is 0 Å². The second-order valence-corrected chi connectivity index (χ2v) is 4.92. The number of anilines is 1. The summed E-state index contributed by atoms with van der Waals surface area (Å²) in [7, 11) is 0. The molecule has 4 nitrogen and oxygen atoms in total. The van der Waals surface area contributed by atoms with Gasteiger partial charge in [0.05, 0.1) is 0 Å². The lowest BCUT2D eigenvalue weighted by Gasteiger charge is -2.11. The minimum absolute atomic E-state index is 0.0737. The number of nitrogens with one attached hydrogen (secondary N) is 1. The molecule has 0 spiro atoms. The predicted octanol–water partition coefficient (Wildman–Crippen LogP) is 2.80. The van der Waals surface area contributed by atoms with Crippen molar-refractivity contribution >= 4 is 11.6 Å². The second kappa shape index (κ2) is 7.45. The van der Waals surface area contributed by atoms with E-state index < -0.39 is 0 Å². The molecule has 4 heteroatoms. The first kappa shape index (κ1) is 15.1. The molecule has 0 radical (unpaired) electrons. The Hall–Kier alpha value is -2.33. The quantitative estimate of drug-likeness (QED) is 0.857. The zero-order valence-electron chi connectivity index (χ0n) is 12.1. The van der Waals surface area contributed by atoms with Crippen LogP contribution in [0, 0.1) is 5.92 Å². The number of benzene rings is 2. The first-order valence-electron chi connectivity index (χ1n) is 6.97. The average molecular weight is 284 g/mol. The molecule has 21 heavy (non-hydrogen) atoms. The minimum Gasteiger partial charge on any atom is -0.489 e. The van der Waals surface area contributed by atoms with Gasteiger partial charge in [0.2, 0.25) is 5.91 Å². The van der Waals surface area contributed by atoms with Crippen molar-refractivity contribution in [3.05, 3.63) is 60.2 Å². The number of amides is 1. The normalized spacial score (nSPS) is 11.7. The summed E-state index contributed by atoms with van der Waals surface area (Å²) in [5.74, 6) is 0.498. The zero-order chi connectivity index (χ0) is 15.1. The molecule has 1 amide bonds. The molecule has 0 saturated carbocycles. The molecule has 2 aromatic rings. The van der Waals surface area contributed by atoms with Crippen LogP contribution in [0.25, 0.3) is 0 Å². The Balaban J connectivity index is 1.88. The molecule has 0 saturated heterocycles. The SMILES string of the molecule is CC(CN)C(=O)Nc1ccc(OCc2ccccc2)cc1. The molecule has 0 aliphatic carbocycles. The maximum Gasteiger partial charge on any atom is 0.228 e. The summed E-state index contributed by atoms with van der Waals surface area (Å²) in [6.45, 7) is 2.66. The lowest BCUT2D eigenvalue weighted by Crippen LogP contribution is -2.26. The van der Waals surface area contributed by atoms with Gasteiger partial charge in [0, 0.05) is 18.2 Å². The van der Waals surface area contributed by atoms with Crippen LogP contribution in [0.3, 0.4) is 0 Å². The molecule has 2 aromatic carbocycles. The topological polar surface area (TPSA) is 64.4 Å². The Labute approximate surface area is 124 Å². The monoisotopic (exact) mass is 284 g/mol. The van der Waals surface area contributed by atoms with Gasteiger partial charge in [-0.3, -0.25) is 4.79 Å². The lowest BCUT2D eigenvalue weighted by atomic mass is 10.1. The Morgan fingerprint density at radius 2 is 1.81 bits per heavy atom. The summed E-state index contributed by atoms with van der Waals surface area (Å²) in [5.41, 5.74) is 7.32. The average Bonchev–Trinajstić information content (AvgIpc) is 2.54. The maximum absolute atomic E-state index is 11.7. The Kier molecular flexibility index (Phi) is 5.35. The highest BCUT2D eigenvalue weighted by atomic mass is 16.5. The second-order valence-electron chi connectivity index (χ2n) is 4.92. The van der Waals surface area contributed by atoms with Crippen molar-refractivity contribution in [2.45, 2.75) is 13.5 Å². The third-order valence-electron chi connectivity index (χ3n) is 3.17. The minimum atomic E-state index is -0.195. The smallest absolute Gasteiger partial charge is 0.228 e. The van der Waals surface area contributed by atoms with Crippen LogP contribution < -0.4 is 15.8 Å². The molecule has 0 bridgehead atoms. The number of carbonyl (C=O) groups is 1. The van der Waals surface area contributed by atoms with Crippen molar-refractivity contribution < 1.29 is 9.53 Å². The van der Waals surface area contributed by atoms with Gasteiger partial charge in [-0.25, -0.2) is 0 Å². The van der Waals surface area contributed by atoms with Gasteiger partial charge in [-0.05, 0) is 29.8 Å². The number of hydrogen-bond acceptors (Lipinski definition) is 3. The molecule has 110 valence electrons. The van der Waals surface area contributed by atoms with Crippen molar-refractivity contribution in [3.63, 3.8) is 0 Å². The van der Waals surface area contributed by atoms with E-state index in [9.17, 15) is 4.79 Å². The first-order valence-corrected chi connectivity index (χ1v) is 6.97. The molecule has 2 rings (SSSR count). The fourth-order valence-electron chi connectivity index (χ4n) is 1.75. The third-order valence-corrected chi connectivity index (χ3v) is 3.17. The van der Waals surface area contributed by atoms with E-state index in [1.54, 1.807) is 6.92 Å². The number of carbonyl (C=O) groups excluding carboxylic acids is 1. The van der Waals surface area contributed by atoms with E-state index in [4.69, 9.17) is 10.5 Å². The highest BCUT2D eigenvalue weighted by Gasteiger charge is 2.10. The van der Waals surface area contributed by atoms with E-state index in [2.05, 4.69) is 5.32 Å². The highest BCUT2D eigenvalue weighted by molar-refractivity contribution is 5.92. The molecule has 0 heterocycles. The van der Waals surface area contributed by atoms with Crippen LogP contribution in [0.5, 0.6) is 5.75 Å². The van der Waals surface area contributed by atoms with E-state index in [1.165, 1.54) is 0 Å². The fourth-order valence-corrected chi connectivity index (χ4v) is 1.75. The number of ether oxygens (including phenoxy) is 1. The van der Waals surface area contributed by atoms with Crippen LogP contribution in [0.15, 0.2) is 54.6 Å². The maximum atomic E-state index is 11.7. The van der Waals surface area contributed by atoms with Crippen LogP contribution in [-0.4, -0.2) is 12.5 Å². The van der Waals surface area contributed by atoms with Gasteiger partial charge in [0.15, 0.2) is 0 Å². The van der Waals surface area contributed by atoms with E-state index in [0.717, 1.165) is 17.0 Å². The van der Waals surface area contributed by atoms with E-state index >= 15 is 0 Å².